The number of aliphatic hydroxyl groups is 1. The van der Waals surface area contributed by atoms with Crippen LogP contribution >= 0.6 is 11.3 Å². The van der Waals surface area contributed by atoms with E-state index in [9.17, 15) is 5.11 Å². The molecule has 13 heavy (non-hydrogen) atoms. The van der Waals surface area contributed by atoms with Crippen molar-refractivity contribution in [2.75, 3.05) is 6.54 Å². The second-order valence-electron chi connectivity index (χ2n) is 3.43. The Morgan fingerprint density at radius 3 is 2.69 bits per heavy atom. The van der Waals surface area contributed by atoms with Crippen LogP contribution in [0, 0.1) is 6.92 Å². The fourth-order valence-corrected chi connectivity index (χ4v) is 2.26. The first-order valence-electron chi connectivity index (χ1n) is 4.60. The molecule has 0 aromatic carbocycles. The highest BCUT2D eigenvalue weighted by molar-refractivity contribution is 7.10. The molecule has 1 aromatic heterocycles. The smallest absolute Gasteiger partial charge is 0.103 e. The third kappa shape index (κ3) is 2.30. The molecule has 1 atom stereocenters. The molecular formula is C10H17NOS. The minimum Gasteiger partial charge on any atom is -0.384 e. The van der Waals surface area contributed by atoms with Gasteiger partial charge in [0.2, 0.25) is 0 Å². The predicted octanol–water partition coefficient (Wildman–Crippen LogP) is 2.00. The predicted molar refractivity (Wildman–Crippen MR) is 56.9 cm³/mol. The topological polar surface area (TPSA) is 46.2 Å². The van der Waals surface area contributed by atoms with Gasteiger partial charge in [-0.3, -0.25) is 0 Å². The van der Waals surface area contributed by atoms with Crippen LogP contribution in [0.3, 0.4) is 0 Å². The molecule has 0 aliphatic carbocycles. The molecule has 0 fully saturated rings. The molecule has 0 saturated carbocycles. The largest absolute Gasteiger partial charge is 0.384 e. The van der Waals surface area contributed by atoms with Gasteiger partial charge in [-0.25, -0.2) is 0 Å². The maximum absolute atomic E-state index is 10.2. The van der Waals surface area contributed by atoms with Crippen LogP contribution in [0.2, 0.25) is 0 Å². The third-order valence-corrected chi connectivity index (χ3v) is 3.13. The van der Waals surface area contributed by atoms with Gasteiger partial charge >= 0.3 is 0 Å². The summed E-state index contributed by atoms with van der Waals surface area (Å²) in [6.45, 7) is 4.40. The van der Waals surface area contributed by atoms with Crippen LogP contribution < -0.4 is 5.73 Å². The van der Waals surface area contributed by atoms with Crippen molar-refractivity contribution in [1.82, 2.24) is 0 Å². The van der Waals surface area contributed by atoms with Gasteiger partial charge in [0, 0.05) is 11.4 Å². The monoisotopic (exact) mass is 199 g/mol. The van der Waals surface area contributed by atoms with Crippen molar-refractivity contribution in [2.24, 2.45) is 5.73 Å². The lowest BCUT2D eigenvalue weighted by Gasteiger charge is -2.25. The van der Waals surface area contributed by atoms with Gasteiger partial charge in [-0.2, -0.15) is 0 Å². The maximum Gasteiger partial charge on any atom is 0.103 e. The molecule has 0 aliphatic heterocycles. The highest BCUT2D eigenvalue weighted by Gasteiger charge is 2.27. The summed E-state index contributed by atoms with van der Waals surface area (Å²) in [7, 11) is 0. The summed E-state index contributed by atoms with van der Waals surface area (Å²) in [5.41, 5.74) is 5.75. The summed E-state index contributed by atoms with van der Waals surface area (Å²) in [5, 5.41) is 12.2. The second-order valence-corrected chi connectivity index (χ2v) is 4.55. The SMILES string of the molecule is CCCC(O)(CN)c1csc(C)c1. The summed E-state index contributed by atoms with van der Waals surface area (Å²) in [6, 6.07) is 2.02. The number of hydrogen-bond acceptors (Lipinski definition) is 3. The molecule has 0 saturated heterocycles. The summed E-state index contributed by atoms with van der Waals surface area (Å²) < 4.78 is 0. The minimum atomic E-state index is -0.806. The van der Waals surface area contributed by atoms with Crippen LogP contribution in [0.5, 0.6) is 0 Å². The van der Waals surface area contributed by atoms with Crippen LogP contribution in [-0.4, -0.2) is 11.7 Å². The fourth-order valence-electron chi connectivity index (χ4n) is 1.47. The fraction of sp³-hybridized carbons (Fsp3) is 0.600. The Bertz CT molecular complexity index is 272. The lowest BCUT2D eigenvalue weighted by Crippen LogP contribution is -2.34. The number of nitrogens with two attached hydrogens (primary N) is 1. The molecule has 0 radical (unpaired) electrons. The average molecular weight is 199 g/mol. The van der Waals surface area contributed by atoms with Gasteiger partial charge in [-0.05, 0) is 30.4 Å². The van der Waals surface area contributed by atoms with Crippen LogP contribution in [0.25, 0.3) is 0 Å². The van der Waals surface area contributed by atoms with Crippen LogP contribution in [0.1, 0.15) is 30.2 Å². The summed E-state index contributed by atoms with van der Waals surface area (Å²) >= 11 is 1.66. The number of hydrogen-bond donors (Lipinski definition) is 2. The summed E-state index contributed by atoms with van der Waals surface area (Å²) in [4.78, 5) is 1.22. The van der Waals surface area contributed by atoms with Crippen molar-refractivity contribution in [2.45, 2.75) is 32.3 Å². The first-order chi connectivity index (χ1) is 6.12. The van der Waals surface area contributed by atoms with Crippen molar-refractivity contribution >= 4 is 11.3 Å². The summed E-state index contributed by atoms with van der Waals surface area (Å²) in [5.74, 6) is 0. The molecule has 74 valence electrons. The molecule has 1 unspecified atom stereocenters. The zero-order chi connectivity index (χ0) is 9.90. The Kier molecular flexibility index (Phi) is 3.47. The molecule has 0 bridgehead atoms. The van der Waals surface area contributed by atoms with Gasteiger partial charge in [0.05, 0.1) is 0 Å². The zero-order valence-electron chi connectivity index (χ0n) is 8.21. The van der Waals surface area contributed by atoms with Crippen molar-refractivity contribution in [3.63, 3.8) is 0 Å². The third-order valence-electron chi connectivity index (χ3n) is 2.27. The molecule has 1 aromatic rings. The first kappa shape index (κ1) is 10.7. The van der Waals surface area contributed by atoms with E-state index in [0.29, 0.717) is 6.54 Å². The van der Waals surface area contributed by atoms with Gasteiger partial charge < -0.3 is 10.8 Å². The molecule has 1 heterocycles. The van der Waals surface area contributed by atoms with Crippen molar-refractivity contribution in [1.29, 1.82) is 0 Å². The van der Waals surface area contributed by atoms with E-state index in [0.717, 1.165) is 18.4 Å². The van der Waals surface area contributed by atoms with E-state index in [2.05, 4.69) is 6.92 Å². The Morgan fingerprint density at radius 1 is 1.62 bits per heavy atom. The highest BCUT2D eigenvalue weighted by atomic mass is 32.1. The first-order valence-corrected chi connectivity index (χ1v) is 5.48. The quantitative estimate of drug-likeness (QED) is 0.779. The lowest BCUT2D eigenvalue weighted by atomic mass is 9.91. The molecule has 0 amide bonds. The van der Waals surface area contributed by atoms with Crippen molar-refractivity contribution in [3.05, 3.63) is 21.9 Å². The average Bonchev–Trinajstić information content (AvgIpc) is 2.52. The van der Waals surface area contributed by atoms with Gasteiger partial charge in [0.25, 0.3) is 0 Å². The normalized spacial score (nSPS) is 15.7. The van der Waals surface area contributed by atoms with Crippen molar-refractivity contribution in [3.8, 4) is 0 Å². The van der Waals surface area contributed by atoms with Crippen LogP contribution in [0.4, 0.5) is 0 Å². The van der Waals surface area contributed by atoms with E-state index in [-0.39, 0.29) is 0 Å². The van der Waals surface area contributed by atoms with Gasteiger partial charge in [0.1, 0.15) is 5.60 Å². The standard InChI is InChI=1S/C10H17NOS/c1-3-4-10(12,7-11)9-5-8(2)13-6-9/h5-6,12H,3-4,7,11H2,1-2H3. The minimum absolute atomic E-state index is 0.303. The number of aryl methyl sites for hydroxylation is 1. The van der Waals surface area contributed by atoms with Gasteiger partial charge in [-0.15, -0.1) is 11.3 Å². The highest BCUT2D eigenvalue weighted by Crippen LogP contribution is 2.28. The Labute approximate surface area is 83.4 Å². The van der Waals surface area contributed by atoms with Crippen molar-refractivity contribution < 1.29 is 5.11 Å². The van der Waals surface area contributed by atoms with Gasteiger partial charge in [0.15, 0.2) is 0 Å². The molecular weight excluding hydrogens is 182 g/mol. The zero-order valence-corrected chi connectivity index (χ0v) is 9.03. The Morgan fingerprint density at radius 2 is 2.31 bits per heavy atom. The Hall–Kier alpha value is -0.380. The van der Waals surface area contributed by atoms with E-state index < -0.39 is 5.60 Å². The van der Waals surface area contributed by atoms with E-state index >= 15 is 0 Å². The number of thiophene rings is 1. The van der Waals surface area contributed by atoms with Gasteiger partial charge in [-0.1, -0.05) is 13.3 Å². The van der Waals surface area contributed by atoms with E-state index in [1.165, 1.54) is 4.88 Å². The van der Waals surface area contributed by atoms with E-state index in [4.69, 9.17) is 5.73 Å². The lowest BCUT2D eigenvalue weighted by molar-refractivity contribution is 0.0363. The van der Waals surface area contributed by atoms with Crippen LogP contribution in [0.15, 0.2) is 11.4 Å². The molecule has 3 N–H and O–H groups in total. The van der Waals surface area contributed by atoms with Crippen LogP contribution in [-0.2, 0) is 5.60 Å². The molecule has 0 spiro atoms. The Balaban J connectivity index is 2.88. The second kappa shape index (κ2) is 4.22. The number of rotatable bonds is 4. The maximum atomic E-state index is 10.2. The van der Waals surface area contributed by atoms with E-state index in [1.54, 1.807) is 11.3 Å². The van der Waals surface area contributed by atoms with E-state index in [1.807, 2.05) is 18.4 Å². The molecule has 0 aliphatic rings. The molecule has 1 rings (SSSR count). The summed E-state index contributed by atoms with van der Waals surface area (Å²) in [6.07, 6.45) is 1.68. The molecule has 3 heteroatoms. The molecule has 2 nitrogen and oxygen atoms in total.